The number of nitrogens with one attached hydrogen (secondary N) is 1. The van der Waals surface area contributed by atoms with E-state index in [1.165, 1.54) is 11.1 Å². The molecule has 0 unspecified atom stereocenters. The van der Waals surface area contributed by atoms with Crippen molar-refractivity contribution in [3.8, 4) is 11.5 Å². The molecular formula is C18H18N2O3S. The molecule has 0 fully saturated rings. The van der Waals surface area contributed by atoms with Gasteiger partial charge >= 0.3 is 0 Å². The van der Waals surface area contributed by atoms with Crippen molar-refractivity contribution in [2.75, 3.05) is 12.5 Å². The molecule has 0 saturated heterocycles. The predicted molar refractivity (Wildman–Crippen MR) is 95.6 cm³/mol. The quantitative estimate of drug-likeness (QED) is 0.647. The van der Waals surface area contributed by atoms with Gasteiger partial charge in [0, 0.05) is 5.75 Å². The van der Waals surface area contributed by atoms with Gasteiger partial charge in [0.2, 0.25) is 12.7 Å². The molecule has 3 rings (SSSR count). The molecule has 1 heterocycles. The fourth-order valence-electron chi connectivity index (χ4n) is 2.15. The van der Waals surface area contributed by atoms with Crippen molar-refractivity contribution in [1.29, 1.82) is 0 Å². The van der Waals surface area contributed by atoms with Gasteiger partial charge in [0.25, 0.3) is 0 Å². The van der Waals surface area contributed by atoms with Gasteiger partial charge in [-0.05, 0) is 36.2 Å². The average Bonchev–Trinajstić information content (AvgIpc) is 3.04. The van der Waals surface area contributed by atoms with Crippen molar-refractivity contribution in [3.05, 3.63) is 59.2 Å². The first kappa shape index (κ1) is 16.4. The molecule has 1 aliphatic rings. The molecule has 0 radical (unpaired) electrons. The van der Waals surface area contributed by atoms with Gasteiger partial charge in [-0.3, -0.25) is 4.79 Å². The Morgan fingerprint density at radius 2 is 2.00 bits per heavy atom. The second-order valence-corrected chi connectivity index (χ2v) is 6.37. The monoisotopic (exact) mass is 342 g/mol. The van der Waals surface area contributed by atoms with Crippen LogP contribution in [0, 0.1) is 6.92 Å². The Morgan fingerprint density at radius 1 is 1.21 bits per heavy atom. The zero-order valence-corrected chi connectivity index (χ0v) is 14.1. The van der Waals surface area contributed by atoms with Crippen LogP contribution in [0.4, 0.5) is 0 Å². The Hall–Kier alpha value is -2.47. The van der Waals surface area contributed by atoms with E-state index in [4.69, 9.17) is 9.47 Å². The Labute approximate surface area is 145 Å². The first-order valence-electron chi connectivity index (χ1n) is 7.55. The van der Waals surface area contributed by atoms with Crippen LogP contribution in [0.25, 0.3) is 0 Å². The van der Waals surface area contributed by atoms with Gasteiger partial charge < -0.3 is 9.47 Å². The number of hydrazone groups is 1. The molecule has 1 N–H and O–H groups in total. The van der Waals surface area contributed by atoms with Crippen LogP contribution >= 0.6 is 11.8 Å². The number of benzene rings is 2. The van der Waals surface area contributed by atoms with Gasteiger partial charge in [0.1, 0.15) is 0 Å². The van der Waals surface area contributed by atoms with E-state index in [9.17, 15) is 4.79 Å². The fourth-order valence-corrected chi connectivity index (χ4v) is 2.93. The molecule has 24 heavy (non-hydrogen) atoms. The highest BCUT2D eigenvalue weighted by molar-refractivity contribution is 7.99. The first-order chi connectivity index (χ1) is 11.7. The van der Waals surface area contributed by atoms with Gasteiger partial charge in [-0.1, -0.05) is 29.8 Å². The van der Waals surface area contributed by atoms with Crippen LogP contribution in [0.5, 0.6) is 11.5 Å². The van der Waals surface area contributed by atoms with E-state index < -0.39 is 0 Å². The summed E-state index contributed by atoms with van der Waals surface area (Å²) in [7, 11) is 0. The molecule has 124 valence electrons. The minimum Gasteiger partial charge on any atom is -0.454 e. The molecule has 5 nitrogen and oxygen atoms in total. The van der Waals surface area contributed by atoms with E-state index in [0.717, 1.165) is 17.1 Å². The molecule has 2 aromatic carbocycles. The average molecular weight is 342 g/mol. The molecule has 0 aliphatic carbocycles. The summed E-state index contributed by atoms with van der Waals surface area (Å²) in [5.41, 5.74) is 5.82. The minimum atomic E-state index is -0.121. The summed E-state index contributed by atoms with van der Waals surface area (Å²) in [6.07, 6.45) is 1.59. The summed E-state index contributed by atoms with van der Waals surface area (Å²) in [5, 5.41) is 3.97. The topological polar surface area (TPSA) is 59.9 Å². The lowest BCUT2D eigenvalue weighted by atomic mass is 10.2. The Morgan fingerprint density at radius 3 is 2.83 bits per heavy atom. The third-order valence-electron chi connectivity index (χ3n) is 3.42. The van der Waals surface area contributed by atoms with E-state index in [2.05, 4.69) is 41.7 Å². The van der Waals surface area contributed by atoms with Crippen molar-refractivity contribution in [2.24, 2.45) is 5.10 Å². The van der Waals surface area contributed by atoms with E-state index in [0.29, 0.717) is 11.5 Å². The molecule has 1 amide bonds. The van der Waals surface area contributed by atoms with Crippen LogP contribution in [0.2, 0.25) is 0 Å². The van der Waals surface area contributed by atoms with Crippen LogP contribution in [0.3, 0.4) is 0 Å². The molecule has 1 aliphatic heterocycles. The maximum Gasteiger partial charge on any atom is 0.250 e. The standard InChI is InChI=1S/C18H18N2O3S/c1-13-2-4-14(5-3-13)10-24-11-18(21)20-19-9-15-6-7-16-17(8-15)23-12-22-16/h2-9H,10-12H2,1H3,(H,20,21)/b19-9-. The van der Waals surface area contributed by atoms with Crippen molar-refractivity contribution in [2.45, 2.75) is 12.7 Å². The maximum absolute atomic E-state index is 11.8. The van der Waals surface area contributed by atoms with Crippen molar-refractivity contribution in [3.63, 3.8) is 0 Å². The van der Waals surface area contributed by atoms with Crippen LogP contribution < -0.4 is 14.9 Å². The number of amides is 1. The Bertz CT molecular complexity index is 744. The van der Waals surface area contributed by atoms with Crippen molar-refractivity contribution < 1.29 is 14.3 Å². The van der Waals surface area contributed by atoms with Crippen molar-refractivity contribution >= 4 is 23.9 Å². The van der Waals surface area contributed by atoms with Crippen LogP contribution in [-0.2, 0) is 10.5 Å². The summed E-state index contributed by atoms with van der Waals surface area (Å²) < 4.78 is 10.5. The number of nitrogens with zero attached hydrogens (tertiary/aromatic N) is 1. The number of ether oxygens (including phenoxy) is 2. The van der Waals surface area contributed by atoms with Gasteiger partial charge in [0.15, 0.2) is 11.5 Å². The number of hydrogen-bond acceptors (Lipinski definition) is 5. The zero-order chi connectivity index (χ0) is 16.8. The smallest absolute Gasteiger partial charge is 0.250 e. The third-order valence-corrected chi connectivity index (χ3v) is 4.43. The number of thioether (sulfide) groups is 1. The number of rotatable bonds is 6. The van der Waals surface area contributed by atoms with Gasteiger partial charge in [0.05, 0.1) is 12.0 Å². The number of fused-ring (bicyclic) bond motifs is 1. The largest absolute Gasteiger partial charge is 0.454 e. The number of carbonyl (C=O) groups is 1. The lowest BCUT2D eigenvalue weighted by Gasteiger charge is -2.02. The van der Waals surface area contributed by atoms with E-state index in [1.54, 1.807) is 18.0 Å². The molecule has 0 bridgehead atoms. The summed E-state index contributed by atoms with van der Waals surface area (Å²) in [6, 6.07) is 13.8. The maximum atomic E-state index is 11.8. The summed E-state index contributed by atoms with van der Waals surface area (Å²) in [5.74, 6) is 2.47. The highest BCUT2D eigenvalue weighted by atomic mass is 32.2. The highest BCUT2D eigenvalue weighted by Crippen LogP contribution is 2.31. The first-order valence-corrected chi connectivity index (χ1v) is 8.71. The fraction of sp³-hybridized carbons (Fsp3) is 0.222. The highest BCUT2D eigenvalue weighted by Gasteiger charge is 2.12. The SMILES string of the molecule is Cc1ccc(CSCC(=O)N/N=C\c2ccc3c(c2)OCO3)cc1. The third kappa shape index (κ3) is 4.52. The van der Waals surface area contributed by atoms with E-state index in [1.807, 2.05) is 18.2 Å². The van der Waals surface area contributed by atoms with Gasteiger partial charge in [-0.2, -0.15) is 5.10 Å². The van der Waals surface area contributed by atoms with Gasteiger partial charge in [-0.25, -0.2) is 5.43 Å². The number of aryl methyl sites for hydroxylation is 1. The lowest BCUT2D eigenvalue weighted by Crippen LogP contribution is -2.19. The number of carbonyl (C=O) groups excluding carboxylic acids is 1. The molecule has 0 spiro atoms. The summed E-state index contributed by atoms with van der Waals surface area (Å²) in [4.78, 5) is 11.8. The second kappa shape index (κ2) is 7.88. The lowest BCUT2D eigenvalue weighted by molar-refractivity contribution is -0.118. The molecule has 6 heteroatoms. The molecule has 2 aromatic rings. The molecule has 0 aromatic heterocycles. The molecule has 0 saturated carbocycles. The van der Waals surface area contributed by atoms with E-state index in [-0.39, 0.29) is 12.7 Å². The minimum absolute atomic E-state index is 0.121. The zero-order valence-electron chi connectivity index (χ0n) is 13.3. The normalized spacial score (nSPS) is 12.5. The van der Waals surface area contributed by atoms with Crippen molar-refractivity contribution in [1.82, 2.24) is 5.43 Å². The summed E-state index contributed by atoms with van der Waals surface area (Å²) in [6.45, 7) is 2.30. The second-order valence-electron chi connectivity index (χ2n) is 5.38. The van der Waals surface area contributed by atoms with Gasteiger partial charge in [-0.15, -0.1) is 11.8 Å². The summed E-state index contributed by atoms with van der Waals surface area (Å²) >= 11 is 1.56. The molecule has 0 atom stereocenters. The molecular weight excluding hydrogens is 324 g/mol. The Kier molecular flexibility index (Phi) is 5.38. The van der Waals surface area contributed by atoms with Crippen LogP contribution in [0.1, 0.15) is 16.7 Å². The van der Waals surface area contributed by atoms with Crippen LogP contribution in [0.15, 0.2) is 47.6 Å². The Balaban J connectivity index is 1.41. The number of hydrogen-bond donors (Lipinski definition) is 1. The van der Waals surface area contributed by atoms with E-state index >= 15 is 0 Å². The predicted octanol–water partition coefficient (Wildman–Crippen LogP) is 3.11. The van der Waals surface area contributed by atoms with Crippen LogP contribution in [-0.4, -0.2) is 24.7 Å².